The van der Waals surface area contributed by atoms with Gasteiger partial charge in [-0.1, -0.05) is 17.7 Å². The quantitative estimate of drug-likeness (QED) is 0.798. The minimum Gasteiger partial charge on any atom is -0.330 e. The number of piperidine rings is 1. The summed E-state index contributed by atoms with van der Waals surface area (Å²) in [5, 5.41) is 0.513. The lowest BCUT2D eigenvalue weighted by molar-refractivity contribution is -0.124. The van der Waals surface area contributed by atoms with Crippen molar-refractivity contribution in [3.63, 3.8) is 0 Å². The number of rotatable bonds is 2. The highest BCUT2D eigenvalue weighted by Crippen LogP contribution is 2.53. The third-order valence-corrected chi connectivity index (χ3v) is 3.75. The van der Waals surface area contributed by atoms with Crippen molar-refractivity contribution in [2.45, 2.75) is 0 Å². The maximum atomic E-state index is 12.0. The van der Waals surface area contributed by atoms with E-state index in [1.54, 1.807) is 24.3 Å². The van der Waals surface area contributed by atoms with Crippen LogP contribution in [-0.2, 0) is 9.59 Å². The average molecular weight is 251 g/mol. The molecule has 2 N–H and O–H groups in total. The molecule has 0 bridgehead atoms. The average Bonchev–Trinajstić information content (AvgIpc) is 2.97. The summed E-state index contributed by atoms with van der Waals surface area (Å²) in [6, 6.07) is 6.77. The molecular formula is C12H11ClN2O2. The smallest absolute Gasteiger partial charge is 0.238 e. The van der Waals surface area contributed by atoms with E-state index in [4.69, 9.17) is 17.3 Å². The fraction of sp³-hybridized carbons (Fsp3) is 0.333. The molecule has 1 aromatic rings. The second-order valence-electron chi connectivity index (χ2n) is 4.44. The molecule has 5 heteroatoms. The molecule has 1 saturated heterocycles. The molecule has 88 valence electrons. The molecular weight excluding hydrogens is 240 g/mol. The number of fused-ring (bicyclic) bond motifs is 1. The molecule has 1 saturated carbocycles. The lowest BCUT2D eigenvalue weighted by Gasteiger charge is -2.18. The van der Waals surface area contributed by atoms with Crippen LogP contribution in [0.15, 0.2) is 24.3 Å². The van der Waals surface area contributed by atoms with Crippen molar-refractivity contribution in [3.05, 3.63) is 29.3 Å². The molecule has 2 fully saturated rings. The first-order chi connectivity index (χ1) is 8.15. The van der Waals surface area contributed by atoms with Gasteiger partial charge in [-0.3, -0.25) is 9.59 Å². The Hall–Kier alpha value is -1.39. The molecule has 2 atom stereocenters. The number of nitrogens with two attached hydrogens (primary N) is 1. The summed E-state index contributed by atoms with van der Waals surface area (Å²) in [5.41, 5.74) is 6.06. The Morgan fingerprint density at radius 2 is 1.88 bits per heavy atom. The molecule has 17 heavy (non-hydrogen) atoms. The van der Waals surface area contributed by atoms with E-state index in [-0.39, 0.29) is 29.6 Å². The predicted octanol–water partition coefficient (Wildman–Crippen LogP) is 1.03. The zero-order valence-electron chi connectivity index (χ0n) is 8.97. The second kappa shape index (κ2) is 3.55. The van der Waals surface area contributed by atoms with E-state index in [1.165, 1.54) is 4.90 Å². The maximum absolute atomic E-state index is 12.0. The SMILES string of the molecule is NCC1C2C(=O)N(c3cccc(Cl)c3)C(=O)C12. The van der Waals surface area contributed by atoms with Gasteiger partial charge in [0.05, 0.1) is 17.5 Å². The highest BCUT2D eigenvalue weighted by atomic mass is 35.5. The summed E-state index contributed by atoms with van der Waals surface area (Å²) in [6.07, 6.45) is 0. The van der Waals surface area contributed by atoms with Gasteiger partial charge in [0.25, 0.3) is 0 Å². The Morgan fingerprint density at radius 1 is 1.24 bits per heavy atom. The Labute approximate surface area is 103 Å². The summed E-state index contributed by atoms with van der Waals surface area (Å²) in [6.45, 7) is 0.399. The van der Waals surface area contributed by atoms with Gasteiger partial charge in [-0.15, -0.1) is 0 Å². The minimum atomic E-state index is -0.202. The van der Waals surface area contributed by atoms with Crippen molar-refractivity contribution in [1.29, 1.82) is 0 Å². The maximum Gasteiger partial charge on any atom is 0.238 e. The van der Waals surface area contributed by atoms with Gasteiger partial charge < -0.3 is 5.73 Å². The van der Waals surface area contributed by atoms with E-state index in [2.05, 4.69) is 0 Å². The zero-order chi connectivity index (χ0) is 12.2. The lowest BCUT2D eigenvalue weighted by atomic mass is 10.2. The van der Waals surface area contributed by atoms with Crippen LogP contribution in [0.2, 0.25) is 5.02 Å². The van der Waals surface area contributed by atoms with Crippen LogP contribution in [0.25, 0.3) is 0 Å². The van der Waals surface area contributed by atoms with Gasteiger partial charge >= 0.3 is 0 Å². The number of carbonyl (C=O) groups is 2. The number of hydrogen-bond acceptors (Lipinski definition) is 3. The number of nitrogens with zero attached hydrogens (tertiary/aromatic N) is 1. The van der Waals surface area contributed by atoms with E-state index < -0.39 is 0 Å². The first-order valence-electron chi connectivity index (χ1n) is 5.48. The van der Waals surface area contributed by atoms with Crippen molar-refractivity contribution in [2.24, 2.45) is 23.5 Å². The molecule has 1 aromatic carbocycles. The minimum absolute atomic E-state index is 0.0467. The van der Waals surface area contributed by atoms with Crippen LogP contribution in [0.1, 0.15) is 0 Å². The molecule has 0 spiro atoms. The topological polar surface area (TPSA) is 63.4 Å². The second-order valence-corrected chi connectivity index (χ2v) is 4.88. The van der Waals surface area contributed by atoms with Gasteiger partial charge in [-0.25, -0.2) is 4.90 Å². The Kier molecular flexibility index (Phi) is 2.24. The molecule has 2 aliphatic rings. The van der Waals surface area contributed by atoms with Gasteiger partial charge in [0.2, 0.25) is 11.8 Å². The number of carbonyl (C=O) groups excluding carboxylic acids is 2. The zero-order valence-corrected chi connectivity index (χ0v) is 9.72. The van der Waals surface area contributed by atoms with Crippen LogP contribution in [-0.4, -0.2) is 18.4 Å². The van der Waals surface area contributed by atoms with E-state index in [9.17, 15) is 9.59 Å². The number of anilines is 1. The van der Waals surface area contributed by atoms with Gasteiger partial charge in [0, 0.05) is 5.02 Å². The normalized spacial score (nSPS) is 30.7. The molecule has 3 rings (SSSR count). The first kappa shape index (κ1) is 10.7. The number of halogens is 1. The van der Waals surface area contributed by atoms with Gasteiger partial charge in [0.15, 0.2) is 0 Å². The van der Waals surface area contributed by atoms with Gasteiger partial charge in [-0.2, -0.15) is 0 Å². The van der Waals surface area contributed by atoms with E-state index >= 15 is 0 Å². The summed E-state index contributed by atoms with van der Waals surface area (Å²) in [7, 11) is 0. The van der Waals surface area contributed by atoms with Crippen LogP contribution in [0, 0.1) is 17.8 Å². The van der Waals surface area contributed by atoms with Crippen LogP contribution in [0.3, 0.4) is 0 Å². The van der Waals surface area contributed by atoms with Crippen LogP contribution >= 0.6 is 11.6 Å². The summed E-state index contributed by atoms with van der Waals surface area (Å²) < 4.78 is 0. The Morgan fingerprint density at radius 3 is 2.41 bits per heavy atom. The molecule has 0 radical (unpaired) electrons. The fourth-order valence-electron chi connectivity index (χ4n) is 2.62. The van der Waals surface area contributed by atoms with E-state index in [0.717, 1.165) is 0 Å². The lowest BCUT2D eigenvalue weighted by Crippen LogP contribution is -2.35. The fourth-order valence-corrected chi connectivity index (χ4v) is 2.80. The molecule has 1 aliphatic heterocycles. The molecule has 2 amide bonds. The number of hydrogen-bond donors (Lipinski definition) is 1. The highest BCUT2D eigenvalue weighted by molar-refractivity contribution is 6.31. The first-order valence-corrected chi connectivity index (χ1v) is 5.86. The standard InChI is InChI=1S/C12H11ClN2O2/c13-6-2-1-3-7(4-6)15-11(16)9-8(5-14)10(9)12(15)17/h1-4,8-10H,5,14H2. The van der Waals surface area contributed by atoms with Gasteiger partial charge in [0.1, 0.15) is 0 Å². The predicted molar refractivity (Wildman–Crippen MR) is 63.5 cm³/mol. The summed E-state index contributed by atoms with van der Waals surface area (Å²) in [4.78, 5) is 25.3. The van der Waals surface area contributed by atoms with Crippen LogP contribution < -0.4 is 10.6 Å². The highest BCUT2D eigenvalue weighted by Gasteiger charge is 2.66. The van der Waals surface area contributed by atoms with Crippen molar-refractivity contribution in [1.82, 2.24) is 0 Å². The number of benzene rings is 1. The number of imide groups is 1. The van der Waals surface area contributed by atoms with Crippen molar-refractivity contribution >= 4 is 29.1 Å². The van der Waals surface area contributed by atoms with Crippen molar-refractivity contribution < 1.29 is 9.59 Å². The largest absolute Gasteiger partial charge is 0.330 e. The van der Waals surface area contributed by atoms with E-state index in [0.29, 0.717) is 17.3 Å². The van der Waals surface area contributed by atoms with Crippen LogP contribution in [0.5, 0.6) is 0 Å². The van der Waals surface area contributed by atoms with Crippen LogP contribution in [0.4, 0.5) is 5.69 Å². The third-order valence-electron chi connectivity index (χ3n) is 3.52. The monoisotopic (exact) mass is 250 g/mol. The molecule has 2 unspecified atom stereocenters. The Bertz CT molecular complexity index is 495. The third kappa shape index (κ3) is 1.41. The summed E-state index contributed by atoms with van der Waals surface area (Å²) >= 11 is 5.85. The van der Waals surface area contributed by atoms with Crippen molar-refractivity contribution in [3.8, 4) is 0 Å². The Balaban J connectivity index is 1.93. The summed E-state index contributed by atoms with van der Waals surface area (Å²) in [5.74, 6) is -0.640. The molecule has 1 aliphatic carbocycles. The molecule has 0 aromatic heterocycles. The van der Waals surface area contributed by atoms with Crippen molar-refractivity contribution in [2.75, 3.05) is 11.4 Å². The molecule has 1 heterocycles. The molecule has 4 nitrogen and oxygen atoms in total. The number of amides is 2. The van der Waals surface area contributed by atoms with Gasteiger partial charge in [-0.05, 0) is 30.7 Å². The van der Waals surface area contributed by atoms with E-state index in [1.807, 2.05) is 0 Å².